The molecule has 35 heavy (non-hydrogen) atoms. The Bertz CT molecular complexity index is 1500. The third kappa shape index (κ3) is 4.28. The SMILES string of the molecule is CCCC(=O)n1c(-c2ccnn2-c2ccc(C#N)cc2)c(C)n(-c2cccc(C(F)(F)F)c2)c1=O. The molecule has 178 valence electrons. The van der Waals surface area contributed by atoms with E-state index in [0.717, 1.165) is 21.3 Å². The molecule has 0 aliphatic carbocycles. The van der Waals surface area contributed by atoms with Gasteiger partial charge in [0.15, 0.2) is 0 Å². The van der Waals surface area contributed by atoms with Crippen LogP contribution in [0.1, 0.15) is 41.4 Å². The fraction of sp³-hybridized carbons (Fsp3) is 0.200. The van der Waals surface area contributed by atoms with Crippen LogP contribution in [0, 0.1) is 18.3 Å². The van der Waals surface area contributed by atoms with Gasteiger partial charge in [0.1, 0.15) is 0 Å². The Morgan fingerprint density at radius 2 is 1.80 bits per heavy atom. The molecule has 0 aliphatic heterocycles. The number of halogens is 3. The molecule has 0 radical (unpaired) electrons. The van der Waals surface area contributed by atoms with Gasteiger partial charge in [-0.05, 0) is 61.9 Å². The number of nitriles is 1. The summed E-state index contributed by atoms with van der Waals surface area (Å²) in [5.41, 5.74) is 0.278. The number of carbonyl (C=O) groups is 1. The first-order valence-corrected chi connectivity index (χ1v) is 10.8. The summed E-state index contributed by atoms with van der Waals surface area (Å²) >= 11 is 0. The smallest absolute Gasteiger partial charge is 0.274 e. The molecule has 0 saturated heterocycles. The van der Waals surface area contributed by atoms with Crippen LogP contribution in [0.15, 0.2) is 65.6 Å². The number of carbonyl (C=O) groups excluding carboxylic acids is 1. The van der Waals surface area contributed by atoms with E-state index < -0.39 is 23.3 Å². The van der Waals surface area contributed by atoms with Gasteiger partial charge in [-0.1, -0.05) is 13.0 Å². The molecular formula is C25H20F3N5O2. The van der Waals surface area contributed by atoms with Gasteiger partial charge in [-0.2, -0.15) is 23.5 Å². The number of hydrogen-bond donors (Lipinski definition) is 0. The Kier molecular flexibility index (Phi) is 6.18. The van der Waals surface area contributed by atoms with Crippen molar-refractivity contribution in [2.45, 2.75) is 32.9 Å². The average Bonchev–Trinajstić information content (AvgIpc) is 3.40. The van der Waals surface area contributed by atoms with E-state index in [4.69, 9.17) is 5.26 Å². The third-order valence-corrected chi connectivity index (χ3v) is 5.56. The van der Waals surface area contributed by atoms with Crippen molar-refractivity contribution in [3.63, 3.8) is 0 Å². The van der Waals surface area contributed by atoms with Crippen molar-refractivity contribution in [1.29, 1.82) is 5.26 Å². The molecule has 4 rings (SSSR count). The molecule has 0 saturated carbocycles. The lowest BCUT2D eigenvalue weighted by molar-refractivity contribution is -0.137. The number of benzene rings is 2. The maximum atomic E-state index is 13.5. The zero-order valence-electron chi connectivity index (χ0n) is 18.9. The van der Waals surface area contributed by atoms with Crippen LogP contribution < -0.4 is 5.69 Å². The molecule has 0 N–H and O–H groups in total. The number of rotatable bonds is 5. The summed E-state index contributed by atoms with van der Waals surface area (Å²) in [4.78, 5) is 26.5. The van der Waals surface area contributed by atoms with E-state index in [1.807, 2.05) is 6.07 Å². The molecule has 0 amide bonds. The Labute approximate surface area is 198 Å². The highest BCUT2D eigenvalue weighted by atomic mass is 19.4. The molecule has 0 aliphatic rings. The summed E-state index contributed by atoms with van der Waals surface area (Å²) < 4.78 is 43.6. The summed E-state index contributed by atoms with van der Waals surface area (Å²) in [5, 5.41) is 13.4. The Hall–Kier alpha value is -4.39. The number of aromatic nitrogens is 4. The second-order valence-electron chi connectivity index (χ2n) is 7.87. The minimum absolute atomic E-state index is 0.00365. The van der Waals surface area contributed by atoms with Crippen molar-refractivity contribution in [2.24, 2.45) is 0 Å². The normalized spacial score (nSPS) is 11.4. The first-order chi connectivity index (χ1) is 16.7. The van der Waals surface area contributed by atoms with Gasteiger partial charge in [0.2, 0.25) is 5.91 Å². The van der Waals surface area contributed by atoms with Crippen LogP contribution in [-0.2, 0) is 6.18 Å². The average molecular weight is 479 g/mol. The maximum Gasteiger partial charge on any atom is 0.416 e. The molecule has 0 fully saturated rings. The van der Waals surface area contributed by atoms with E-state index in [1.54, 1.807) is 44.2 Å². The lowest BCUT2D eigenvalue weighted by atomic mass is 10.1. The van der Waals surface area contributed by atoms with Crippen LogP contribution >= 0.6 is 0 Å². The third-order valence-electron chi connectivity index (χ3n) is 5.56. The molecule has 7 nitrogen and oxygen atoms in total. The van der Waals surface area contributed by atoms with Crippen molar-refractivity contribution in [2.75, 3.05) is 0 Å². The molecule has 2 aromatic carbocycles. The maximum absolute atomic E-state index is 13.5. The Morgan fingerprint density at radius 3 is 2.43 bits per heavy atom. The van der Waals surface area contributed by atoms with E-state index >= 15 is 0 Å². The highest BCUT2D eigenvalue weighted by Crippen LogP contribution is 2.32. The Balaban J connectivity index is 1.98. The molecule has 0 atom stereocenters. The molecule has 0 spiro atoms. The molecule has 10 heteroatoms. The fourth-order valence-electron chi connectivity index (χ4n) is 3.95. The first kappa shape index (κ1) is 23.8. The second-order valence-corrected chi connectivity index (χ2v) is 7.87. The van der Waals surface area contributed by atoms with Gasteiger partial charge in [-0.25, -0.2) is 14.0 Å². The van der Waals surface area contributed by atoms with Gasteiger partial charge in [0, 0.05) is 6.42 Å². The summed E-state index contributed by atoms with van der Waals surface area (Å²) in [7, 11) is 0. The van der Waals surface area contributed by atoms with Crippen LogP contribution in [0.2, 0.25) is 0 Å². The van der Waals surface area contributed by atoms with E-state index in [1.165, 1.54) is 23.0 Å². The van der Waals surface area contributed by atoms with Gasteiger partial charge in [0.25, 0.3) is 0 Å². The van der Waals surface area contributed by atoms with Crippen molar-refractivity contribution >= 4 is 5.91 Å². The van der Waals surface area contributed by atoms with E-state index in [2.05, 4.69) is 5.10 Å². The van der Waals surface area contributed by atoms with Gasteiger partial charge in [-0.3, -0.25) is 9.36 Å². The summed E-state index contributed by atoms with van der Waals surface area (Å²) in [6.07, 6.45) is -2.55. The lowest BCUT2D eigenvalue weighted by Crippen LogP contribution is -2.29. The fourth-order valence-corrected chi connectivity index (χ4v) is 3.95. The summed E-state index contributed by atoms with van der Waals surface area (Å²) in [6, 6.07) is 14.6. The highest BCUT2D eigenvalue weighted by Gasteiger charge is 2.32. The highest BCUT2D eigenvalue weighted by molar-refractivity contribution is 5.84. The van der Waals surface area contributed by atoms with Crippen molar-refractivity contribution < 1.29 is 18.0 Å². The van der Waals surface area contributed by atoms with Gasteiger partial charge in [0.05, 0.1) is 51.8 Å². The predicted molar refractivity (Wildman–Crippen MR) is 123 cm³/mol. The van der Waals surface area contributed by atoms with Crippen LogP contribution in [0.4, 0.5) is 13.2 Å². The van der Waals surface area contributed by atoms with Gasteiger partial charge < -0.3 is 0 Å². The van der Waals surface area contributed by atoms with Crippen molar-refractivity contribution in [1.82, 2.24) is 18.9 Å². The summed E-state index contributed by atoms with van der Waals surface area (Å²) in [6.45, 7) is 3.36. The van der Waals surface area contributed by atoms with Crippen molar-refractivity contribution in [3.05, 3.63) is 88.1 Å². The monoisotopic (exact) mass is 479 g/mol. The molecule has 2 heterocycles. The standard InChI is InChI=1S/C25H20F3N5O2/c1-3-5-22(34)32-23(21-12-13-30-33(21)19-10-8-17(15-29)9-11-19)16(2)31(24(32)35)20-7-4-6-18(14-20)25(26,27)28/h4,6-14H,3,5H2,1-2H3. The predicted octanol–water partition coefficient (Wildman–Crippen LogP) is 5.13. The first-order valence-electron chi connectivity index (χ1n) is 10.8. The van der Waals surface area contributed by atoms with Crippen LogP contribution in [0.25, 0.3) is 22.8 Å². The molecule has 2 aromatic heterocycles. The minimum Gasteiger partial charge on any atom is -0.274 e. The number of hydrogen-bond acceptors (Lipinski definition) is 4. The van der Waals surface area contributed by atoms with E-state index in [9.17, 15) is 22.8 Å². The zero-order valence-corrected chi connectivity index (χ0v) is 18.9. The molecule has 0 unspecified atom stereocenters. The number of nitrogens with zero attached hydrogens (tertiary/aromatic N) is 5. The van der Waals surface area contributed by atoms with Gasteiger partial charge >= 0.3 is 11.9 Å². The number of imidazole rings is 1. The Morgan fingerprint density at radius 1 is 1.09 bits per heavy atom. The molecular weight excluding hydrogens is 459 g/mol. The van der Waals surface area contributed by atoms with Crippen LogP contribution in [0.5, 0.6) is 0 Å². The largest absolute Gasteiger partial charge is 0.416 e. The topological polar surface area (TPSA) is 85.6 Å². The van der Waals surface area contributed by atoms with Crippen LogP contribution in [0.3, 0.4) is 0 Å². The molecule has 4 aromatic rings. The van der Waals surface area contributed by atoms with Crippen LogP contribution in [-0.4, -0.2) is 24.8 Å². The quantitative estimate of drug-likeness (QED) is 0.397. The second kappa shape index (κ2) is 9.10. The van der Waals surface area contributed by atoms with E-state index in [-0.39, 0.29) is 23.5 Å². The zero-order chi connectivity index (χ0) is 25.3. The lowest BCUT2D eigenvalue weighted by Gasteiger charge is -2.11. The van der Waals surface area contributed by atoms with Gasteiger partial charge in [-0.15, -0.1) is 0 Å². The van der Waals surface area contributed by atoms with E-state index in [0.29, 0.717) is 23.4 Å². The van der Waals surface area contributed by atoms with Crippen molar-refractivity contribution in [3.8, 4) is 28.8 Å². The minimum atomic E-state index is -4.59. The summed E-state index contributed by atoms with van der Waals surface area (Å²) in [5.74, 6) is -0.478. The molecule has 0 bridgehead atoms. The number of alkyl halides is 3.